The number of nitrogens with one attached hydrogen (secondary N) is 1. The molecule has 0 aromatic heterocycles. The van der Waals surface area contributed by atoms with Crippen molar-refractivity contribution in [1.82, 2.24) is 5.32 Å². The summed E-state index contributed by atoms with van der Waals surface area (Å²) in [5.41, 5.74) is 0. The molecule has 1 amide bonds. The van der Waals surface area contributed by atoms with Gasteiger partial charge in [-0.3, -0.25) is 4.79 Å². The first-order chi connectivity index (χ1) is 6.63. The van der Waals surface area contributed by atoms with E-state index in [9.17, 15) is 4.79 Å². The van der Waals surface area contributed by atoms with Gasteiger partial charge in [-0.25, -0.2) is 0 Å². The minimum absolute atomic E-state index is 0.0182. The Morgan fingerprint density at radius 2 is 2.07 bits per heavy atom. The third-order valence-corrected chi connectivity index (χ3v) is 2.42. The molecule has 0 radical (unpaired) electrons. The van der Waals surface area contributed by atoms with Crippen LogP contribution in [0.2, 0.25) is 0 Å². The molecule has 0 rings (SSSR count). The summed E-state index contributed by atoms with van der Waals surface area (Å²) in [7, 11) is 0. The van der Waals surface area contributed by atoms with Gasteiger partial charge in [-0.1, -0.05) is 33.6 Å². The smallest absolute Gasteiger partial charge is 0.223 e. The molecule has 3 nitrogen and oxygen atoms in total. The van der Waals surface area contributed by atoms with Gasteiger partial charge in [0.05, 0.1) is 6.61 Å². The van der Waals surface area contributed by atoms with Crippen LogP contribution in [0.15, 0.2) is 0 Å². The van der Waals surface area contributed by atoms with Crippen molar-refractivity contribution in [3.8, 4) is 0 Å². The average Bonchev–Trinajstić information content (AvgIpc) is 2.14. The molecule has 0 aliphatic heterocycles. The van der Waals surface area contributed by atoms with Gasteiger partial charge in [-0.05, 0) is 12.3 Å². The van der Waals surface area contributed by atoms with Crippen molar-refractivity contribution in [3.63, 3.8) is 0 Å². The summed E-state index contributed by atoms with van der Waals surface area (Å²) >= 11 is 0. The zero-order valence-electron chi connectivity index (χ0n) is 9.55. The van der Waals surface area contributed by atoms with Gasteiger partial charge in [-0.2, -0.15) is 0 Å². The average molecular weight is 201 g/mol. The molecule has 0 heterocycles. The Kier molecular flexibility index (Phi) is 7.48. The van der Waals surface area contributed by atoms with E-state index in [1.165, 1.54) is 0 Å². The number of hydrogen-bond acceptors (Lipinski definition) is 2. The SMILES string of the molecule is CCCCC(C(=O)NCCO)C(C)C. The normalized spacial score (nSPS) is 12.9. The van der Waals surface area contributed by atoms with E-state index >= 15 is 0 Å². The van der Waals surface area contributed by atoms with Crippen molar-refractivity contribution in [2.24, 2.45) is 11.8 Å². The van der Waals surface area contributed by atoms with Crippen molar-refractivity contribution in [2.75, 3.05) is 13.2 Å². The van der Waals surface area contributed by atoms with Crippen molar-refractivity contribution in [1.29, 1.82) is 0 Å². The molecular formula is C11H23NO2. The second kappa shape index (κ2) is 7.80. The van der Waals surface area contributed by atoms with Gasteiger partial charge in [0, 0.05) is 12.5 Å². The van der Waals surface area contributed by atoms with E-state index < -0.39 is 0 Å². The summed E-state index contributed by atoms with van der Waals surface area (Å²) in [5.74, 6) is 0.559. The Morgan fingerprint density at radius 1 is 1.43 bits per heavy atom. The fourth-order valence-electron chi connectivity index (χ4n) is 1.50. The highest BCUT2D eigenvalue weighted by Crippen LogP contribution is 2.18. The molecule has 0 aliphatic carbocycles. The molecule has 0 spiro atoms. The van der Waals surface area contributed by atoms with Gasteiger partial charge in [-0.15, -0.1) is 0 Å². The molecule has 0 saturated heterocycles. The minimum atomic E-state index is 0.0182. The quantitative estimate of drug-likeness (QED) is 0.656. The molecular weight excluding hydrogens is 178 g/mol. The Balaban J connectivity index is 3.98. The summed E-state index contributed by atoms with van der Waals surface area (Å²) < 4.78 is 0. The molecule has 0 fully saturated rings. The molecule has 0 aromatic rings. The number of aliphatic hydroxyl groups is 1. The lowest BCUT2D eigenvalue weighted by Gasteiger charge is -2.19. The Labute approximate surface area is 86.9 Å². The van der Waals surface area contributed by atoms with Crippen molar-refractivity contribution >= 4 is 5.91 Å². The minimum Gasteiger partial charge on any atom is -0.395 e. The van der Waals surface area contributed by atoms with Gasteiger partial charge in [0.2, 0.25) is 5.91 Å². The van der Waals surface area contributed by atoms with E-state index in [1.54, 1.807) is 0 Å². The predicted molar refractivity (Wildman–Crippen MR) is 57.9 cm³/mol. The fraction of sp³-hybridized carbons (Fsp3) is 0.909. The Hall–Kier alpha value is -0.570. The van der Waals surface area contributed by atoms with Crippen LogP contribution in [0.1, 0.15) is 40.0 Å². The van der Waals surface area contributed by atoms with Crippen molar-refractivity contribution < 1.29 is 9.90 Å². The molecule has 1 atom stereocenters. The second-order valence-electron chi connectivity index (χ2n) is 4.01. The maximum absolute atomic E-state index is 11.6. The lowest BCUT2D eigenvalue weighted by Crippen LogP contribution is -2.35. The first-order valence-electron chi connectivity index (χ1n) is 5.52. The van der Waals surface area contributed by atoms with Gasteiger partial charge >= 0.3 is 0 Å². The highest BCUT2D eigenvalue weighted by Gasteiger charge is 2.20. The largest absolute Gasteiger partial charge is 0.395 e. The van der Waals surface area contributed by atoms with E-state index in [2.05, 4.69) is 26.1 Å². The molecule has 84 valence electrons. The van der Waals surface area contributed by atoms with Gasteiger partial charge in [0.25, 0.3) is 0 Å². The lowest BCUT2D eigenvalue weighted by molar-refractivity contribution is -0.126. The van der Waals surface area contributed by atoms with Crippen LogP contribution in [0, 0.1) is 11.8 Å². The second-order valence-corrected chi connectivity index (χ2v) is 4.01. The molecule has 0 saturated carbocycles. The van der Waals surface area contributed by atoms with Crippen LogP contribution in [0.3, 0.4) is 0 Å². The number of amides is 1. The summed E-state index contributed by atoms with van der Waals surface area (Å²) in [6.45, 7) is 6.65. The Bertz CT molecular complexity index is 157. The van der Waals surface area contributed by atoms with Crippen LogP contribution in [0.5, 0.6) is 0 Å². The zero-order valence-corrected chi connectivity index (χ0v) is 9.55. The maximum atomic E-state index is 11.6. The van der Waals surface area contributed by atoms with Crippen LogP contribution in [-0.4, -0.2) is 24.2 Å². The number of carbonyl (C=O) groups excluding carboxylic acids is 1. The topological polar surface area (TPSA) is 49.3 Å². The van der Waals surface area contributed by atoms with E-state index in [0.717, 1.165) is 19.3 Å². The summed E-state index contributed by atoms with van der Waals surface area (Å²) in [6, 6.07) is 0. The first-order valence-corrected chi connectivity index (χ1v) is 5.52. The number of unbranched alkanes of at least 4 members (excludes halogenated alkanes) is 1. The number of hydrogen-bond donors (Lipinski definition) is 2. The standard InChI is InChI=1S/C11H23NO2/c1-4-5-6-10(9(2)3)11(14)12-7-8-13/h9-10,13H,4-8H2,1-3H3,(H,12,14). The molecule has 0 bridgehead atoms. The van der Waals surface area contributed by atoms with Crippen LogP contribution < -0.4 is 5.32 Å². The van der Waals surface area contributed by atoms with E-state index in [-0.39, 0.29) is 18.4 Å². The maximum Gasteiger partial charge on any atom is 0.223 e. The van der Waals surface area contributed by atoms with Gasteiger partial charge in [0.15, 0.2) is 0 Å². The van der Waals surface area contributed by atoms with Crippen LogP contribution in [0.25, 0.3) is 0 Å². The molecule has 2 N–H and O–H groups in total. The summed E-state index contributed by atoms with van der Waals surface area (Å²) in [4.78, 5) is 11.6. The van der Waals surface area contributed by atoms with Crippen LogP contribution in [0.4, 0.5) is 0 Å². The summed E-state index contributed by atoms with van der Waals surface area (Å²) in [5, 5.41) is 11.3. The number of carbonyl (C=O) groups is 1. The van der Waals surface area contributed by atoms with Crippen molar-refractivity contribution in [2.45, 2.75) is 40.0 Å². The van der Waals surface area contributed by atoms with E-state index in [4.69, 9.17) is 5.11 Å². The third kappa shape index (κ3) is 5.22. The van der Waals surface area contributed by atoms with E-state index in [1.807, 2.05) is 0 Å². The molecule has 14 heavy (non-hydrogen) atoms. The predicted octanol–water partition coefficient (Wildman–Crippen LogP) is 1.56. The highest BCUT2D eigenvalue weighted by molar-refractivity contribution is 5.78. The highest BCUT2D eigenvalue weighted by atomic mass is 16.3. The zero-order chi connectivity index (χ0) is 11.0. The third-order valence-electron chi connectivity index (χ3n) is 2.42. The molecule has 1 unspecified atom stereocenters. The van der Waals surface area contributed by atoms with Crippen LogP contribution >= 0.6 is 0 Å². The monoisotopic (exact) mass is 201 g/mol. The van der Waals surface area contributed by atoms with E-state index in [0.29, 0.717) is 12.5 Å². The number of aliphatic hydroxyl groups excluding tert-OH is 1. The first kappa shape index (κ1) is 13.4. The molecule has 0 aliphatic rings. The van der Waals surface area contributed by atoms with Gasteiger partial charge < -0.3 is 10.4 Å². The molecule has 0 aromatic carbocycles. The molecule has 3 heteroatoms. The van der Waals surface area contributed by atoms with Crippen molar-refractivity contribution in [3.05, 3.63) is 0 Å². The van der Waals surface area contributed by atoms with Gasteiger partial charge in [0.1, 0.15) is 0 Å². The lowest BCUT2D eigenvalue weighted by atomic mass is 9.90. The van der Waals surface area contributed by atoms with Crippen LogP contribution in [-0.2, 0) is 4.79 Å². The number of rotatable bonds is 7. The Morgan fingerprint density at radius 3 is 2.50 bits per heavy atom. The summed E-state index contributed by atoms with van der Waals surface area (Å²) in [6.07, 6.45) is 3.16. The fourth-order valence-corrected chi connectivity index (χ4v) is 1.50.